The standard InChI is InChI=1S/C8H16N2O6S2/c1-17(13,14)9-7-3-2-4-10(5-7)18(15,16)6-8(11)12/h7,9H,2-6H2,1H3,(H,11,12). The van der Waals surface area contributed by atoms with Gasteiger partial charge in [-0.2, -0.15) is 4.31 Å². The highest BCUT2D eigenvalue weighted by molar-refractivity contribution is 7.89. The van der Waals surface area contributed by atoms with E-state index in [4.69, 9.17) is 5.11 Å². The fourth-order valence-electron chi connectivity index (χ4n) is 1.84. The van der Waals surface area contributed by atoms with Gasteiger partial charge in [-0.15, -0.1) is 0 Å². The van der Waals surface area contributed by atoms with Crippen molar-refractivity contribution in [2.45, 2.75) is 18.9 Å². The van der Waals surface area contributed by atoms with E-state index in [0.29, 0.717) is 12.8 Å². The fourth-order valence-corrected chi connectivity index (χ4v) is 3.95. The minimum Gasteiger partial charge on any atom is -0.480 e. The molecule has 0 radical (unpaired) electrons. The highest BCUT2D eigenvalue weighted by atomic mass is 32.2. The number of hydrogen-bond donors (Lipinski definition) is 2. The zero-order valence-electron chi connectivity index (χ0n) is 9.87. The van der Waals surface area contributed by atoms with Crippen molar-refractivity contribution in [2.75, 3.05) is 25.1 Å². The van der Waals surface area contributed by atoms with Crippen molar-refractivity contribution in [3.05, 3.63) is 0 Å². The molecule has 0 aromatic heterocycles. The number of nitrogens with one attached hydrogen (secondary N) is 1. The number of rotatable bonds is 5. The zero-order valence-corrected chi connectivity index (χ0v) is 11.5. The van der Waals surface area contributed by atoms with Gasteiger partial charge in [-0.05, 0) is 12.8 Å². The highest BCUT2D eigenvalue weighted by Crippen LogP contribution is 2.14. The van der Waals surface area contributed by atoms with Gasteiger partial charge in [0.05, 0.1) is 6.26 Å². The number of piperidine rings is 1. The fraction of sp³-hybridized carbons (Fsp3) is 0.875. The van der Waals surface area contributed by atoms with Crippen molar-refractivity contribution in [3.63, 3.8) is 0 Å². The van der Waals surface area contributed by atoms with Crippen LogP contribution in [0.5, 0.6) is 0 Å². The molecule has 8 nitrogen and oxygen atoms in total. The quantitative estimate of drug-likeness (QED) is 0.632. The first kappa shape index (κ1) is 15.3. The molecule has 1 atom stereocenters. The van der Waals surface area contributed by atoms with Crippen LogP contribution >= 0.6 is 0 Å². The van der Waals surface area contributed by atoms with E-state index in [1.807, 2.05) is 0 Å². The van der Waals surface area contributed by atoms with Crippen LogP contribution in [-0.2, 0) is 24.8 Å². The van der Waals surface area contributed by atoms with E-state index >= 15 is 0 Å². The highest BCUT2D eigenvalue weighted by Gasteiger charge is 2.31. The summed E-state index contributed by atoms with van der Waals surface area (Å²) in [5, 5.41) is 8.51. The van der Waals surface area contributed by atoms with Crippen molar-refractivity contribution >= 4 is 26.0 Å². The molecule has 18 heavy (non-hydrogen) atoms. The number of carboxylic acid groups (broad SMARTS) is 1. The summed E-state index contributed by atoms with van der Waals surface area (Å²) in [6.45, 7) is 0.195. The lowest BCUT2D eigenvalue weighted by Gasteiger charge is -2.31. The Labute approximate surface area is 106 Å². The Kier molecular flexibility index (Phi) is 4.70. The summed E-state index contributed by atoms with van der Waals surface area (Å²) in [5.74, 6) is -2.40. The lowest BCUT2D eigenvalue weighted by atomic mass is 10.1. The third kappa shape index (κ3) is 4.88. The molecule has 0 amide bonds. The van der Waals surface area contributed by atoms with E-state index in [2.05, 4.69) is 4.72 Å². The van der Waals surface area contributed by atoms with Gasteiger partial charge in [0.15, 0.2) is 5.75 Å². The Balaban J connectivity index is 2.72. The van der Waals surface area contributed by atoms with Crippen LogP contribution in [0.3, 0.4) is 0 Å². The minimum atomic E-state index is -3.87. The Morgan fingerprint density at radius 1 is 1.39 bits per heavy atom. The van der Waals surface area contributed by atoms with Gasteiger partial charge in [0.25, 0.3) is 0 Å². The van der Waals surface area contributed by atoms with Crippen molar-refractivity contribution in [2.24, 2.45) is 0 Å². The molecule has 1 fully saturated rings. The summed E-state index contributed by atoms with van der Waals surface area (Å²) in [6.07, 6.45) is 2.02. The Bertz CT molecular complexity index is 512. The molecule has 1 aliphatic heterocycles. The molecule has 0 aromatic rings. The first-order valence-electron chi connectivity index (χ1n) is 5.27. The summed E-state index contributed by atoms with van der Waals surface area (Å²) in [4.78, 5) is 10.5. The Morgan fingerprint density at radius 3 is 2.50 bits per heavy atom. The minimum absolute atomic E-state index is 0.0251. The van der Waals surface area contributed by atoms with E-state index in [0.717, 1.165) is 10.6 Å². The van der Waals surface area contributed by atoms with E-state index in [9.17, 15) is 21.6 Å². The van der Waals surface area contributed by atoms with Crippen molar-refractivity contribution < 1.29 is 26.7 Å². The second kappa shape index (κ2) is 5.51. The largest absolute Gasteiger partial charge is 0.480 e. The molecule has 1 unspecified atom stereocenters. The van der Waals surface area contributed by atoms with Gasteiger partial charge in [0.2, 0.25) is 20.0 Å². The van der Waals surface area contributed by atoms with Gasteiger partial charge in [0.1, 0.15) is 0 Å². The van der Waals surface area contributed by atoms with Crippen LogP contribution in [0.15, 0.2) is 0 Å². The average molecular weight is 300 g/mol. The van der Waals surface area contributed by atoms with Crippen LogP contribution in [0, 0.1) is 0 Å². The summed E-state index contributed by atoms with van der Waals surface area (Å²) >= 11 is 0. The van der Waals surface area contributed by atoms with Gasteiger partial charge >= 0.3 is 5.97 Å². The maximum absolute atomic E-state index is 11.7. The lowest BCUT2D eigenvalue weighted by molar-refractivity contribution is -0.134. The summed E-state index contributed by atoms with van der Waals surface area (Å²) in [7, 11) is -7.28. The van der Waals surface area contributed by atoms with Gasteiger partial charge in [-0.25, -0.2) is 21.6 Å². The summed E-state index contributed by atoms with van der Waals surface area (Å²) in [6, 6.07) is -0.502. The van der Waals surface area contributed by atoms with Crippen molar-refractivity contribution in [3.8, 4) is 0 Å². The molecule has 2 N–H and O–H groups in total. The lowest BCUT2D eigenvalue weighted by Crippen LogP contribution is -2.50. The Hall–Kier alpha value is -0.710. The van der Waals surface area contributed by atoms with Crippen LogP contribution in [0.25, 0.3) is 0 Å². The second-order valence-corrected chi connectivity index (χ2v) is 7.99. The number of carboxylic acids is 1. The third-order valence-corrected chi connectivity index (χ3v) is 4.96. The molecule has 1 heterocycles. The molecule has 0 saturated carbocycles. The maximum Gasteiger partial charge on any atom is 0.320 e. The molecule has 106 valence electrons. The monoisotopic (exact) mass is 300 g/mol. The zero-order chi connectivity index (χ0) is 14.0. The third-order valence-electron chi connectivity index (χ3n) is 2.46. The normalized spacial score (nSPS) is 22.8. The van der Waals surface area contributed by atoms with Crippen molar-refractivity contribution in [1.29, 1.82) is 0 Å². The molecule has 1 aliphatic rings. The van der Waals surface area contributed by atoms with Crippen LogP contribution in [0.4, 0.5) is 0 Å². The molecule has 0 aliphatic carbocycles. The van der Waals surface area contributed by atoms with Crippen LogP contribution in [0.2, 0.25) is 0 Å². The molecule has 0 spiro atoms. The van der Waals surface area contributed by atoms with Crippen LogP contribution in [-0.4, -0.2) is 63.4 Å². The number of hydrogen-bond acceptors (Lipinski definition) is 5. The number of nitrogens with zero attached hydrogens (tertiary/aromatic N) is 1. The molecule has 1 rings (SSSR count). The SMILES string of the molecule is CS(=O)(=O)NC1CCCN(S(=O)(=O)CC(=O)O)C1. The second-order valence-electron chi connectivity index (χ2n) is 4.24. The maximum atomic E-state index is 11.7. The Morgan fingerprint density at radius 2 is 2.00 bits per heavy atom. The van der Waals surface area contributed by atoms with Gasteiger partial charge < -0.3 is 5.11 Å². The average Bonchev–Trinajstić information content (AvgIpc) is 2.13. The molecule has 10 heteroatoms. The molecular formula is C8H16N2O6S2. The van der Waals surface area contributed by atoms with Crippen molar-refractivity contribution in [1.82, 2.24) is 9.03 Å². The van der Waals surface area contributed by atoms with Crippen LogP contribution in [0.1, 0.15) is 12.8 Å². The van der Waals surface area contributed by atoms with E-state index < -0.39 is 37.8 Å². The smallest absolute Gasteiger partial charge is 0.320 e. The number of aliphatic carboxylic acids is 1. The topological polar surface area (TPSA) is 121 Å². The van der Waals surface area contributed by atoms with Gasteiger partial charge in [0, 0.05) is 19.1 Å². The van der Waals surface area contributed by atoms with Gasteiger partial charge in [-0.1, -0.05) is 0 Å². The van der Waals surface area contributed by atoms with Gasteiger partial charge in [-0.3, -0.25) is 4.79 Å². The van der Waals surface area contributed by atoms with E-state index in [1.54, 1.807) is 0 Å². The van der Waals surface area contributed by atoms with E-state index in [1.165, 1.54) is 0 Å². The van der Waals surface area contributed by atoms with Crippen LogP contribution < -0.4 is 4.72 Å². The van der Waals surface area contributed by atoms with E-state index in [-0.39, 0.29) is 13.1 Å². The summed E-state index contributed by atoms with van der Waals surface area (Å²) in [5.41, 5.74) is 0. The summed E-state index contributed by atoms with van der Waals surface area (Å²) < 4.78 is 48.8. The molecular weight excluding hydrogens is 284 g/mol. The first-order valence-corrected chi connectivity index (χ1v) is 8.77. The molecule has 1 saturated heterocycles. The predicted molar refractivity (Wildman–Crippen MR) is 64.0 cm³/mol. The number of sulfonamides is 2. The predicted octanol–water partition coefficient (Wildman–Crippen LogP) is -1.59. The first-order chi connectivity index (χ1) is 8.10. The number of carbonyl (C=O) groups is 1. The molecule has 0 aromatic carbocycles. The molecule has 0 bridgehead atoms.